The molecule has 0 amide bonds. The molecule has 0 N–H and O–H groups in total. The summed E-state index contributed by atoms with van der Waals surface area (Å²) in [6.07, 6.45) is 28.3. The molecule has 0 nitrogen and oxygen atoms in total. The van der Waals surface area contributed by atoms with E-state index in [1.54, 1.807) is 0 Å². The molecule has 0 saturated carbocycles. The maximum Gasteiger partial charge on any atom is 0.0765 e. The van der Waals surface area contributed by atoms with Crippen molar-refractivity contribution in [1.82, 2.24) is 0 Å². The molecule has 152 valence electrons. The Morgan fingerprint density at radius 2 is 0.920 bits per heavy atom. The maximum absolute atomic E-state index is 3.90. The van der Waals surface area contributed by atoms with E-state index in [9.17, 15) is 0 Å². The summed E-state index contributed by atoms with van der Waals surface area (Å²) in [5, 5.41) is 0. The zero-order chi connectivity index (χ0) is 17.9. The van der Waals surface area contributed by atoms with E-state index in [2.05, 4.69) is 32.9 Å². The lowest BCUT2D eigenvalue weighted by Crippen LogP contribution is -3.00. The van der Waals surface area contributed by atoms with Gasteiger partial charge in [0.2, 0.25) is 0 Å². The van der Waals surface area contributed by atoms with E-state index < -0.39 is 7.26 Å². The molecule has 0 aliphatic rings. The number of rotatable bonds is 19. The highest BCUT2D eigenvalue weighted by Gasteiger charge is 2.21. The summed E-state index contributed by atoms with van der Waals surface area (Å²) in [6.45, 7) is 11.2. The summed E-state index contributed by atoms with van der Waals surface area (Å²) < 4.78 is 0. The van der Waals surface area contributed by atoms with Crippen LogP contribution >= 0.6 is 7.26 Å². The Hall–Kier alpha value is 0.460. The van der Waals surface area contributed by atoms with Gasteiger partial charge in [-0.15, -0.1) is 0 Å². The first-order chi connectivity index (χ1) is 11.6. The zero-order valence-corrected chi connectivity index (χ0v) is 19.5. The minimum atomic E-state index is -0.649. The summed E-state index contributed by atoms with van der Waals surface area (Å²) in [7, 11) is -0.649. The average Bonchev–Trinajstić information content (AvgIpc) is 2.54. The molecule has 0 aromatic heterocycles. The number of allylic oxidation sites excluding steroid dienone is 1. The summed E-state index contributed by atoms with van der Waals surface area (Å²) >= 11 is 0. The highest BCUT2D eigenvalue weighted by molar-refractivity contribution is 7.74. The van der Waals surface area contributed by atoms with Crippen LogP contribution in [0.15, 0.2) is 12.7 Å². The number of hydrogen-bond acceptors (Lipinski definition) is 0. The Kier molecular flexibility index (Phi) is 23.0. The van der Waals surface area contributed by atoms with E-state index >= 15 is 0 Å². The van der Waals surface area contributed by atoms with Gasteiger partial charge >= 0.3 is 0 Å². The van der Waals surface area contributed by atoms with E-state index in [0.29, 0.717) is 0 Å². The van der Waals surface area contributed by atoms with Crippen molar-refractivity contribution >= 4 is 7.26 Å². The third kappa shape index (κ3) is 22.4. The van der Waals surface area contributed by atoms with Crippen LogP contribution in [-0.4, -0.2) is 25.7 Å². The molecule has 0 unspecified atom stereocenters. The quantitative estimate of drug-likeness (QED) is 0.150. The summed E-state index contributed by atoms with van der Waals surface area (Å²) in [5.41, 5.74) is 0. The topological polar surface area (TPSA) is 0 Å². The molecule has 0 bridgehead atoms. The van der Waals surface area contributed by atoms with Crippen molar-refractivity contribution in [3.8, 4) is 0 Å². The summed E-state index contributed by atoms with van der Waals surface area (Å²) in [4.78, 5) is 0. The van der Waals surface area contributed by atoms with Crippen molar-refractivity contribution in [1.29, 1.82) is 0 Å². The molecule has 0 fully saturated rings. The molecule has 0 atom stereocenters. The Balaban J connectivity index is 0. The lowest BCUT2D eigenvalue weighted by atomic mass is 10.0. The van der Waals surface area contributed by atoms with E-state index in [1.807, 2.05) is 0 Å². The second kappa shape index (κ2) is 20.8. The van der Waals surface area contributed by atoms with Gasteiger partial charge < -0.3 is 12.4 Å². The number of hydrogen-bond donors (Lipinski definition) is 0. The first kappa shape index (κ1) is 27.7. The molecule has 0 aliphatic carbocycles. The average molecular weight is 391 g/mol. The first-order valence-electron chi connectivity index (χ1n) is 11.1. The smallest absolute Gasteiger partial charge is 0.0765 e. The Morgan fingerprint density at radius 3 is 1.24 bits per heavy atom. The molecule has 25 heavy (non-hydrogen) atoms. The van der Waals surface area contributed by atoms with Gasteiger partial charge in [0.15, 0.2) is 0 Å². The highest BCUT2D eigenvalue weighted by Crippen LogP contribution is 2.51. The molecule has 0 aromatic carbocycles. The van der Waals surface area contributed by atoms with Crippen LogP contribution in [0.5, 0.6) is 0 Å². The first-order valence-corrected chi connectivity index (χ1v) is 14.1. The van der Waals surface area contributed by atoms with E-state index in [0.717, 1.165) is 0 Å². The molecular weight excluding hydrogens is 343 g/mol. The van der Waals surface area contributed by atoms with Gasteiger partial charge in [0.1, 0.15) is 0 Å². The minimum absolute atomic E-state index is 0. The van der Waals surface area contributed by atoms with Gasteiger partial charge in [-0.3, -0.25) is 0 Å². The molecule has 0 spiro atoms. The third-order valence-corrected chi connectivity index (χ3v) is 8.01. The van der Waals surface area contributed by atoms with Crippen LogP contribution in [0.4, 0.5) is 0 Å². The molecule has 0 heterocycles. The second-order valence-corrected chi connectivity index (χ2v) is 13.1. The van der Waals surface area contributed by atoms with Gasteiger partial charge in [-0.05, 0) is 12.8 Å². The molecule has 0 aliphatic heterocycles. The fourth-order valence-corrected chi connectivity index (χ4v) is 5.49. The summed E-state index contributed by atoms with van der Waals surface area (Å²) in [5.74, 6) is 0. The van der Waals surface area contributed by atoms with Crippen LogP contribution in [0.25, 0.3) is 0 Å². The van der Waals surface area contributed by atoms with Gasteiger partial charge in [0.25, 0.3) is 0 Å². The normalized spacial score (nSPS) is 11.3. The Morgan fingerprint density at radius 1 is 0.600 bits per heavy atom. The molecular formula is C23H48ClP. The van der Waals surface area contributed by atoms with Crippen molar-refractivity contribution in [2.45, 2.75) is 110 Å². The van der Waals surface area contributed by atoms with Crippen molar-refractivity contribution in [2.24, 2.45) is 0 Å². The highest BCUT2D eigenvalue weighted by atomic mass is 35.5. The number of halogens is 1. The van der Waals surface area contributed by atoms with Crippen LogP contribution in [0.1, 0.15) is 110 Å². The largest absolute Gasteiger partial charge is 1.00 e. The van der Waals surface area contributed by atoms with E-state index in [-0.39, 0.29) is 12.4 Å². The van der Waals surface area contributed by atoms with Gasteiger partial charge in [0, 0.05) is 20.6 Å². The van der Waals surface area contributed by atoms with Crippen LogP contribution in [-0.2, 0) is 0 Å². The van der Waals surface area contributed by atoms with Gasteiger partial charge in [-0.1, -0.05) is 109 Å². The molecule has 0 saturated heterocycles. The maximum atomic E-state index is 3.90. The van der Waals surface area contributed by atoms with Gasteiger partial charge in [-0.25, -0.2) is 0 Å². The second-order valence-electron chi connectivity index (χ2n) is 8.43. The molecule has 0 rings (SSSR count). The van der Waals surface area contributed by atoms with Crippen LogP contribution in [0, 0.1) is 0 Å². The van der Waals surface area contributed by atoms with Crippen LogP contribution < -0.4 is 12.4 Å². The molecule has 0 aromatic rings. The van der Waals surface area contributed by atoms with Crippen LogP contribution in [0.2, 0.25) is 0 Å². The van der Waals surface area contributed by atoms with Crippen molar-refractivity contribution in [3.05, 3.63) is 12.7 Å². The Bertz CT molecular complexity index is 263. The predicted molar refractivity (Wildman–Crippen MR) is 118 cm³/mol. The van der Waals surface area contributed by atoms with E-state index in [1.165, 1.54) is 115 Å². The fraction of sp³-hybridized carbons (Fsp3) is 0.913. The van der Waals surface area contributed by atoms with Crippen molar-refractivity contribution in [2.75, 3.05) is 25.7 Å². The number of unbranched alkanes of at least 4 members (excludes halogenated alkanes) is 15. The van der Waals surface area contributed by atoms with Gasteiger partial charge in [-0.2, -0.15) is 0 Å². The third-order valence-electron chi connectivity index (χ3n) is 5.24. The standard InChI is InChI=1S/C23H48P.ClH/c1-5-7-8-9-10-11-12-13-14-15-16-17-18-19-20-21-23-24(3,4)22-6-2;/h6H,2,5,7-23H2,1,3-4H3;1H/q+1;/p-1. The van der Waals surface area contributed by atoms with Crippen molar-refractivity contribution in [3.63, 3.8) is 0 Å². The lowest BCUT2D eigenvalue weighted by Gasteiger charge is -2.15. The summed E-state index contributed by atoms with van der Waals surface area (Å²) in [6, 6.07) is 0. The monoisotopic (exact) mass is 390 g/mol. The van der Waals surface area contributed by atoms with Crippen LogP contribution in [0.3, 0.4) is 0 Å². The zero-order valence-electron chi connectivity index (χ0n) is 17.8. The Labute approximate surface area is 167 Å². The van der Waals surface area contributed by atoms with Crippen molar-refractivity contribution < 1.29 is 12.4 Å². The van der Waals surface area contributed by atoms with Gasteiger partial charge in [0.05, 0.1) is 12.3 Å². The minimum Gasteiger partial charge on any atom is -1.00 e. The molecule has 0 radical (unpaired) electrons. The van der Waals surface area contributed by atoms with E-state index in [4.69, 9.17) is 0 Å². The fourth-order valence-electron chi connectivity index (χ4n) is 3.53. The lowest BCUT2D eigenvalue weighted by molar-refractivity contribution is -0.00000555. The SMILES string of the molecule is C=CC[P+](C)(C)CCCCCCCCCCCCCCCCCC.[Cl-]. The molecule has 2 heteroatoms. The predicted octanol–water partition coefficient (Wildman–Crippen LogP) is 5.72.